The van der Waals surface area contributed by atoms with E-state index in [0.29, 0.717) is 13.2 Å². The van der Waals surface area contributed by atoms with E-state index in [4.69, 9.17) is 9.47 Å². The summed E-state index contributed by atoms with van der Waals surface area (Å²) >= 11 is 0. The maximum atomic E-state index is 11.6. The SMILES string of the molecule is O=C(OC1COC1)c1ccccc1[N+](=O)[O-]. The molecule has 0 spiro atoms. The quantitative estimate of drug-likeness (QED) is 0.436. The molecule has 6 heteroatoms. The van der Waals surface area contributed by atoms with Crippen LogP contribution in [-0.4, -0.2) is 30.2 Å². The number of esters is 1. The Morgan fingerprint density at radius 1 is 1.44 bits per heavy atom. The van der Waals surface area contributed by atoms with Crippen LogP contribution in [0.4, 0.5) is 5.69 Å². The molecule has 1 aliphatic heterocycles. The normalized spacial score (nSPS) is 15.2. The summed E-state index contributed by atoms with van der Waals surface area (Å²) in [5.74, 6) is -0.680. The first-order valence-electron chi connectivity index (χ1n) is 4.70. The van der Waals surface area contributed by atoms with Crippen LogP contribution in [0.2, 0.25) is 0 Å². The molecular weight excluding hydrogens is 214 g/mol. The number of carbonyl (C=O) groups excluding carboxylic acids is 1. The van der Waals surface area contributed by atoms with Gasteiger partial charge >= 0.3 is 5.97 Å². The molecule has 1 saturated heterocycles. The van der Waals surface area contributed by atoms with Gasteiger partial charge in [-0.1, -0.05) is 12.1 Å². The molecule has 1 heterocycles. The highest BCUT2D eigenvalue weighted by Crippen LogP contribution is 2.20. The summed E-state index contributed by atoms with van der Waals surface area (Å²) in [4.78, 5) is 21.7. The molecule has 1 aromatic carbocycles. The number of nitro benzene ring substituents is 1. The van der Waals surface area contributed by atoms with Gasteiger partial charge in [0.25, 0.3) is 5.69 Å². The van der Waals surface area contributed by atoms with Crippen molar-refractivity contribution in [2.45, 2.75) is 6.10 Å². The van der Waals surface area contributed by atoms with Crippen LogP contribution in [0, 0.1) is 10.1 Å². The van der Waals surface area contributed by atoms with Crippen molar-refractivity contribution in [2.75, 3.05) is 13.2 Å². The first kappa shape index (κ1) is 10.6. The van der Waals surface area contributed by atoms with E-state index in [1.807, 2.05) is 0 Å². The molecule has 0 bridgehead atoms. The molecule has 6 nitrogen and oxygen atoms in total. The van der Waals surface area contributed by atoms with E-state index < -0.39 is 10.9 Å². The van der Waals surface area contributed by atoms with Gasteiger partial charge in [-0.05, 0) is 6.07 Å². The highest BCUT2D eigenvalue weighted by atomic mass is 16.6. The van der Waals surface area contributed by atoms with Crippen LogP contribution < -0.4 is 0 Å². The number of ether oxygens (including phenoxy) is 2. The van der Waals surface area contributed by atoms with Gasteiger partial charge in [0.1, 0.15) is 11.7 Å². The number of para-hydroxylation sites is 1. The number of rotatable bonds is 3. The minimum absolute atomic E-state index is 0.0283. The number of nitrogens with zero attached hydrogens (tertiary/aromatic N) is 1. The Labute approximate surface area is 90.9 Å². The van der Waals surface area contributed by atoms with Gasteiger partial charge in [0, 0.05) is 6.07 Å². The van der Waals surface area contributed by atoms with Gasteiger partial charge in [-0.3, -0.25) is 10.1 Å². The number of carbonyl (C=O) groups is 1. The van der Waals surface area contributed by atoms with Crippen molar-refractivity contribution in [3.63, 3.8) is 0 Å². The Kier molecular flexibility index (Phi) is 2.82. The molecule has 0 N–H and O–H groups in total. The van der Waals surface area contributed by atoms with Crippen LogP contribution in [-0.2, 0) is 9.47 Å². The second kappa shape index (κ2) is 4.28. The summed E-state index contributed by atoms with van der Waals surface area (Å²) in [5, 5.41) is 10.7. The zero-order valence-electron chi connectivity index (χ0n) is 8.29. The molecule has 0 atom stereocenters. The van der Waals surface area contributed by atoms with Crippen molar-refractivity contribution in [1.82, 2.24) is 0 Å². The maximum Gasteiger partial charge on any atom is 0.345 e. The van der Waals surface area contributed by atoms with Gasteiger partial charge in [-0.15, -0.1) is 0 Å². The number of hydrogen-bond donors (Lipinski definition) is 0. The minimum atomic E-state index is -0.680. The van der Waals surface area contributed by atoms with Gasteiger partial charge < -0.3 is 9.47 Å². The highest BCUT2D eigenvalue weighted by molar-refractivity contribution is 5.93. The number of nitro groups is 1. The fourth-order valence-electron chi connectivity index (χ4n) is 1.30. The average molecular weight is 223 g/mol. The lowest BCUT2D eigenvalue weighted by atomic mass is 10.2. The number of hydrogen-bond acceptors (Lipinski definition) is 5. The lowest BCUT2D eigenvalue weighted by Gasteiger charge is -2.25. The van der Waals surface area contributed by atoms with E-state index >= 15 is 0 Å². The van der Waals surface area contributed by atoms with E-state index in [0.717, 1.165) is 0 Å². The summed E-state index contributed by atoms with van der Waals surface area (Å²) in [6.07, 6.45) is -0.285. The number of benzene rings is 1. The molecule has 1 fully saturated rings. The molecule has 1 aromatic rings. The largest absolute Gasteiger partial charge is 0.454 e. The van der Waals surface area contributed by atoms with Crippen molar-refractivity contribution in [3.05, 3.63) is 39.9 Å². The molecule has 0 radical (unpaired) electrons. The van der Waals surface area contributed by atoms with Crippen LogP contribution in [0.5, 0.6) is 0 Å². The molecule has 0 unspecified atom stereocenters. The lowest BCUT2D eigenvalue weighted by Crippen LogP contribution is -2.37. The van der Waals surface area contributed by atoms with Gasteiger partial charge in [-0.2, -0.15) is 0 Å². The highest BCUT2D eigenvalue weighted by Gasteiger charge is 2.27. The third-order valence-electron chi connectivity index (χ3n) is 2.20. The van der Waals surface area contributed by atoms with Crippen LogP contribution in [0.25, 0.3) is 0 Å². The molecule has 0 saturated carbocycles. The topological polar surface area (TPSA) is 78.7 Å². The Bertz CT molecular complexity index is 427. The molecule has 0 aromatic heterocycles. The molecule has 0 aliphatic carbocycles. The van der Waals surface area contributed by atoms with Crippen molar-refractivity contribution in [1.29, 1.82) is 0 Å². The predicted octanol–water partition coefficient (Wildman–Crippen LogP) is 1.15. The zero-order chi connectivity index (χ0) is 11.5. The second-order valence-electron chi connectivity index (χ2n) is 3.34. The Hall–Kier alpha value is -1.95. The van der Waals surface area contributed by atoms with E-state index in [1.54, 1.807) is 6.07 Å². The van der Waals surface area contributed by atoms with Crippen LogP contribution in [0.1, 0.15) is 10.4 Å². The van der Waals surface area contributed by atoms with Crippen molar-refractivity contribution >= 4 is 11.7 Å². The summed E-state index contributed by atoms with van der Waals surface area (Å²) in [6.45, 7) is 0.707. The molecule has 2 rings (SSSR count). The monoisotopic (exact) mass is 223 g/mol. The summed E-state index contributed by atoms with van der Waals surface area (Å²) in [6, 6.07) is 5.70. The van der Waals surface area contributed by atoms with Crippen LogP contribution in [0.3, 0.4) is 0 Å². The molecule has 1 aliphatic rings. The van der Waals surface area contributed by atoms with E-state index in [-0.39, 0.29) is 17.4 Å². The predicted molar refractivity (Wildman–Crippen MR) is 53.1 cm³/mol. The first-order chi connectivity index (χ1) is 7.68. The smallest absolute Gasteiger partial charge is 0.345 e. The Morgan fingerprint density at radius 2 is 2.12 bits per heavy atom. The molecular formula is C10H9NO5. The fourth-order valence-corrected chi connectivity index (χ4v) is 1.30. The summed E-state index contributed by atoms with van der Waals surface area (Å²) < 4.78 is 9.83. The van der Waals surface area contributed by atoms with Crippen LogP contribution >= 0.6 is 0 Å². The van der Waals surface area contributed by atoms with Gasteiger partial charge in [0.05, 0.1) is 18.1 Å². The van der Waals surface area contributed by atoms with Crippen molar-refractivity contribution in [2.24, 2.45) is 0 Å². The van der Waals surface area contributed by atoms with Gasteiger partial charge in [0.15, 0.2) is 0 Å². The third kappa shape index (κ3) is 2.01. The summed E-state index contributed by atoms with van der Waals surface area (Å²) in [5.41, 5.74) is -0.271. The third-order valence-corrected chi connectivity index (χ3v) is 2.20. The Balaban J connectivity index is 2.18. The molecule has 0 amide bonds. The van der Waals surface area contributed by atoms with Gasteiger partial charge in [0.2, 0.25) is 0 Å². The van der Waals surface area contributed by atoms with E-state index in [2.05, 4.69) is 0 Å². The maximum absolute atomic E-state index is 11.6. The van der Waals surface area contributed by atoms with Crippen molar-refractivity contribution < 1.29 is 19.2 Å². The summed E-state index contributed by atoms with van der Waals surface area (Å²) in [7, 11) is 0. The second-order valence-corrected chi connectivity index (χ2v) is 3.34. The Morgan fingerprint density at radius 3 is 2.69 bits per heavy atom. The van der Waals surface area contributed by atoms with Crippen molar-refractivity contribution in [3.8, 4) is 0 Å². The van der Waals surface area contributed by atoms with E-state index in [9.17, 15) is 14.9 Å². The van der Waals surface area contributed by atoms with E-state index in [1.165, 1.54) is 18.2 Å². The first-order valence-corrected chi connectivity index (χ1v) is 4.70. The zero-order valence-corrected chi connectivity index (χ0v) is 8.29. The molecule has 84 valence electrons. The van der Waals surface area contributed by atoms with Gasteiger partial charge in [-0.25, -0.2) is 4.79 Å². The standard InChI is InChI=1S/C10H9NO5/c12-10(16-7-5-15-6-7)8-3-1-2-4-9(8)11(13)14/h1-4,7H,5-6H2. The fraction of sp³-hybridized carbons (Fsp3) is 0.300. The average Bonchev–Trinajstić information content (AvgIpc) is 2.23. The molecule has 16 heavy (non-hydrogen) atoms. The lowest BCUT2D eigenvalue weighted by molar-refractivity contribution is -0.385. The van der Waals surface area contributed by atoms with Crippen LogP contribution in [0.15, 0.2) is 24.3 Å². The minimum Gasteiger partial charge on any atom is -0.454 e.